The van der Waals surface area contributed by atoms with E-state index in [-0.39, 0.29) is 28.4 Å². The Bertz CT molecular complexity index is 176. The topological polar surface area (TPSA) is 46.3 Å². The van der Waals surface area contributed by atoms with E-state index < -0.39 is 0 Å². The molecule has 0 aromatic rings. The molecule has 1 amide bonds. The third-order valence-electron chi connectivity index (χ3n) is 3.00. The summed E-state index contributed by atoms with van der Waals surface area (Å²) < 4.78 is 0. The summed E-state index contributed by atoms with van der Waals surface area (Å²) in [6, 6.07) is 0. The summed E-state index contributed by atoms with van der Waals surface area (Å²) in [5.74, 6) is -0.160. The van der Waals surface area contributed by atoms with Crippen LogP contribution in [0.5, 0.6) is 0 Å². The van der Waals surface area contributed by atoms with E-state index in [1.807, 2.05) is 19.0 Å². The van der Waals surface area contributed by atoms with Crippen LogP contribution in [-0.4, -0.2) is 30.4 Å². The Kier molecular flexibility index (Phi) is 4.92. The minimum Gasteiger partial charge on any atom is -0.368 e. The van der Waals surface area contributed by atoms with Crippen molar-refractivity contribution in [2.45, 2.75) is 37.6 Å². The van der Waals surface area contributed by atoms with Crippen molar-refractivity contribution in [1.29, 1.82) is 0 Å². The number of rotatable bonds is 2. The second-order valence-electron chi connectivity index (χ2n) is 3.85. The molecule has 0 aliphatic heterocycles. The number of carbonyl (C=O) groups is 1. The molecular formula is C9H19BrN2O. The molecule has 13 heavy (non-hydrogen) atoms. The van der Waals surface area contributed by atoms with Crippen molar-refractivity contribution < 1.29 is 4.79 Å². The van der Waals surface area contributed by atoms with Gasteiger partial charge in [0, 0.05) is 0 Å². The zero-order valence-corrected chi connectivity index (χ0v) is 10.1. The van der Waals surface area contributed by atoms with Crippen molar-refractivity contribution in [3.05, 3.63) is 0 Å². The quantitative estimate of drug-likeness (QED) is 0.804. The lowest BCUT2D eigenvalue weighted by molar-refractivity contribution is -0.130. The first-order valence-corrected chi connectivity index (χ1v) is 4.57. The molecule has 0 aromatic carbocycles. The van der Waals surface area contributed by atoms with Gasteiger partial charge in [-0.05, 0) is 26.9 Å². The van der Waals surface area contributed by atoms with Gasteiger partial charge in [-0.1, -0.05) is 19.3 Å². The van der Waals surface area contributed by atoms with Crippen LogP contribution in [0.4, 0.5) is 0 Å². The lowest BCUT2D eigenvalue weighted by Crippen LogP contribution is -2.55. The fourth-order valence-electron chi connectivity index (χ4n) is 2.05. The monoisotopic (exact) mass is 250 g/mol. The maximum absolute atomic E-state index is 11.3. The van der Waals surface area contributed by atoms with Gasteiger partial charge in [-0.25, -0.2) is 0 Å². The average molecular weight is 251 g/mol. The van der Waals surface area contributed by atoms with Gasteiger partial charge in [-0.2, -0.15) is 0 Å². The molecule has 78 valence electrons. The maximum Gasteiger partial charge on any atom is 0.237 e. The molecular weight excluding hydrogens is 232 g/mol. The number of nitrogens with two attached hydrogens (primary N) is 1. The lowest BCUT2D eigenvalue weighted by atomic mass is 9.80. The third kappa shape index (κ3) is 2.44. The minimum atomic E-state index is -0.349. The van der Waals surface area contributed by atoms with E-state index in [0.717, 1.165) is 25.7 Å². The number of carbonyl (C=O) groups excluding carboxylic acids is 1. The summed E-state index contributed by atoms with van der Waals surface area (Å²) in [5.41, 5.74) is 5.07. The van der Waals surface area contributed by atoms with Crippen LogP contribution < -0.4 is 5.73 Å². The van der Waals surface area contributed by atoms with Crippen molar-refractivity contribution in [3.8, 4) is 0 Å². The van der Waals surface area contributed by atoms with Gasteiger partial charge in [0.05, 0.1) is 5.54 Å². The van der Waals surface area contributed by atoms with Crippen LogP contribution in [0.1, 0.15) is 32.1 Å². The molecule has 2 N–H and O–H groups in total. The standard InChI is InChI=1S/C9H18N2O.BrH/c1-11(2)9(8(10)12)6-4-3-5-7-9;/h3-7H2,1-2H3,(H2,10,12);1H. The molecule has 3 nitrogen and oxygen atoms in total. The Morgan fingerprint density at radius 3 is 1.92 bits per heavy atom. The zero-order valence-electron chi connectivity index (χ0n) is 8.38. The molecule has 1 fully saturated rings. The van der Waals surface area contributed by atoms with E-state index in [9.17, 15) is 4.79 Å². The van der Waals surface area contributed by atoms with E-state index in [4.69, 9.17) is 5.73 Å². The largest absolute Gasteiger partial charge is 0.368 e. The van der Waals surface area contributed by atoms with Gasteiger partial charge in [-0.15, -0.1) is 17.0 Å². The highest BCUT2D eigenvalue weighted by molar-refractivity contribution is 8.93. The molecule has 1 aliphatic carbocycles. The highest BCUT2D eigenvalue weighted by Gasteiger charge is 2.39. The minimum absolute atomic E-state index is 0. The Labute approximate surface area is 90.4 Å². The Morgan fingerprint density at radius 1 is 1.23 bits per heavy atom. The van der Waals surface area contributed by atoms with Crippen LogP contribution in [0.15, 0.2) is 0 Å². The van der Waals surface area contributed by atoms with Crippen LogP contribution >= 0.6 is 17.0 Å². The fraction of sp³-hybridized carbons (Fsp3) is 0.889. The van der Waals surface area contributed by atoms with Gasteiger partial charge in [-0.3, -0.25) is 9.69 Å². The fourth-order valence-corrected chi connectivity index (χ4v) is 2.05. The predicted octanol–water partition coefficient (Wildman–Crippen LogP) is 1.31. The van der Waals surface area contributed by atoms with Crippen molar-refractivity contribution in [1.82, 2.24) is 4.90 Å². The smallest absolute Gasteiger partial charge is 0.237 e. The van der Waals surface area contributed by atoms with Crippen molar-refractivity contribution in [3.63, 3.8) is 0 Å². The maximum atomic E-state index is 11.3. The van der Waals surface area contributed by atoms with Crippen LogP contribution in [0, 0.1) is 0 Å². The summed E-state index contributed by atoms with van der Waals surface area (Å²) in [6.45, 7) is 0. The molecule has 0 aromatic heterocycles. The lowest BCUT2D eigenvalue weighted by Gasteiger charge is -2.39. The number of hydrogen-bond donors (Lipinski definition) is 1. The molecule has 0 bridgehead atoms. The Morgan fingerprint density at radius 2 is 1.69 bits per heavy atom. The molecule has 0 atom stereocenters. The molecule has 0 saturated heterocycles. The normalized spacial score (nSPS) is 20.8. The van der Waals surface area contributed by atoms with Crippen LogP contribution in [0.25, 0.3) is 0 Å². The predicted molar refractivity (Wildman–Crippen MR) is 59.0 cm³/mol. The van der Waals surface area contributed by atoms with Gasteiger partial charge >= 0.3 is 0 Å². The first-order chi connectivity index (χ1) is 5.59. The molecule has 1 rings (SSSR count). The van der Waals surface area contributed by atoms with E-state index in [1.54, 1.807) is 0 Å². The first-order valence-electron chi connectivity index (χ1n) is 4.57. The number of primary amides is 1. The number of halogens is 1. The number of hydrogen-bond acceptors (Lipinski definition) is 2. The van der Waals surface area contributed by atoms with Crippen LogP contribution in [-0.2, 0) is 4.79 Å². The second-order valence-corrected chi connectivity index (χ2v) is 3.85. The van der Waals surface area contributed by atoms with E-state index >= 15 is 0 Å². The molecule has 0 heterocycles. The SMILES string of the molecule is Br.CN(C)C1(C(N)=O)CCCCC1. The number of likely N-dealkylation sites (N-methyl/N-ethyl adjacent to an activating group) is 1. The molecule has 0 spiro atoms. The first kappa shape index (κ1) is 12.9. The summed E-state index contributed by atoms with van der Waals surface area (Å²) in [4.78, 5) is 13.3. The van der Waals surface area contributed by atoms with Crippen molar-refractivity contribution >= 4 is 22.9 Å². The number of amides is 1. The molecule has 1 aliphatic rings. The Hall–Kier alpha value is -0.0900. The zero-order chi connectivity index (χ0) is 9.19. The van der Waals surface area contributed by atoms with Crippen molar-refractivity contribution in [2.24, 2.45) is 5.73 Å². The summed E-state index contributed by atoms with van der Waals surface area (Å²) in [5, 5.41) is 0. The molecule has 1 saturated carbocycles. The van der Waals surface area contributed by atoms with E-state index in [1.165, 1.54) is 6.42 Å². The average Bonchev–Trinajstić information content (AvgIpc) is 2.05. The highest BCUT2D eigenvalue weighted by atomic mass is 79.9. The van der Waals surface area contributed by atoms with Gasteiger partial charge in [0.15, 0.2) is 0 Å². The van der Waals surface area contributed by atoms with Gasteiger partial charge in [0.1, 0.15) is 0 Å². The third-order valence-corrected chi connectivity index (χ3v) is 3.00. The second kappa shape index (κ2) is 4.96. The highest BCUT2D eigenvalue weighted by Crippen LogP contribution is 2.31. The van der Waals surface area contributed by atoms with Crippen LogP contribution in [0.2, 0.25) is 0 Å². The summed E-state index contributed by atoms with van der Waals surface area (Å²) >= 11 is 0. The molecule has 0 unspecified atom stereocenters. The van der Waals surface area contributed by atoms with Gasteiger partial charge in [0.25, 0.3) is 0 Å². The van der Waals surface area contributed by atoms with Crippen LogP contribution in [0.3, 0.4) is 0 Å². The summed E-state index contributed by atoms with van der Waals surface area (Å²) in [6.07, 6.45) is 5.34. The number of nitrogens with zero attached hydrogens (tertiary/aromatic N) is 1. The molecule has 0 radical (unpaired) electrons. The Balaban J connectivity index is 0.00000144. The summed E-state index contributed by atoms with van der Waals surface area (Å²) in [7, 11) is 3.88. The van der Waals surface area contributed by atoms with Crippen molar-refractivity contribution in [2.75, 3.05) is 14.1 Å². The van der Waals surface area contributed by atoms with E-state index in [2.05, 4.69) is 0 Å². The van der Waals surface area contributed by atoms with E-state index in [0.29, 0.717) is 0 Å². The molecule has 4 heteroatoms. The van der Waals surface area contributed by atoms with Gasteiger partial charge < -0.3 is 5.73 Å². The van der Waals surface area contributed by atoms with Gasteiger partial charge in [0.2, 0.25) is 5.91 Å².